The van der Waals surface area contributed by atoms with E-state index >= 15 is 0 Å². The van der Waals surface area contributed by atoms with E-state index < -0.39 is 47.7 Å². The van der Waals surface area contributed by atoms with Crippen molar-refractivity contribution < 1.29 is 37.7 Å². The zero-order valence-electron chi connectivity index (χ0n) is 20.5. The quantitative estimate of drug-likeness (QED) is 0.532. The van der Waals surface area contributed by atoms with Crippen molar-refractivity contribution in [2.45, 2.75) is 62.1 Å². The van der Waals surface area contributed by atoms with Gasteiger partial charge in [-0.25, -0.2) is 0 Å². The van der Waals surface area contributed by atoms with Crippen molar-refractivity contribution in [1.29, 1.82) is 0 Å². The summed E-state index contributed by atoms with van der Waals surface area (Å²) in [4.78, 5) is 28.6. The first kappa shape index (κ1) is 26.2. The Hall–Kier alpha value is -3.37. The maximum absolute atomic E-state index is 13.8. The van der Waals surface area contributed by atoms with Crippen LogP contribution in [0.15, 0.2) is 60.2 Å². The average Bonchev–Trinajstić information content (AvgIpc) is 3.57. The fourth-order valence-electron chi connectivity index (χ4n) is 5.84. The molecule has 0 aromatic heterocycles. The number of nitrogens with one attached hydrogen (secondary N) is 1. The van der Waals surface area contributed by atoms with E-state index in [0.29, 0.717) is 24.2 Å². The van der Waals surface area contributed by atoms with E-state index in [2.05, 4.69) is 5.32 Å². The smallest absolute Gasteiger partial charge is 0.416 e. The molecule has 2 aliphatic carbocycles. The summed E-state index contributed by atoms with van der Waals surface area (Å²) in [6.07, 6.45) is -1.91. The molecule has 38 heavy (non-hydrogen) atoms. The van der Waals surface area contributed by atoms with Gasteiger partial charge in [-0.2, -0.15) is 13.2 Å². The lowest BCUT2D eigenvalue weighted by Crippen LogP contribution is -2.58. The molecular formula is C28H29F3N2O5. The zero-order valence-corrected chi connectivity index (χ0v) is 20.5. The van der Waals surface area contributed by atoms with E-state index in [-0.39, 0.29) is 24.8 Å². The normalized spacial score (nSPS) is 24.7. The van der Waals surface area contributed by atoms with Crippen LogP contribution in [0.2, 0.25) is 0 Å². The summed E-state index contributed by atoms with van der Waals surface area (Å²) in [5.41, 5.74) is 0.255. The number of aliphatic hydroxyl groups is 2. The minimum atomic E-state index is -4.53. The van der Waals surface area contributed by atoms with Gasteiger partial charge in [-0.3, -0.25) is 9.59 Å². The lowest BCUT2D eigenvalue weighted by Gasteiger charge is -2.43. The van der Waals surface area contributed by atoms with Gasteiger partial charge in [0.25, 0.3) is 5.91 Å². The van der Waals surface area contributed by atoms with Crippen LogP contribution in [0.3, 0.4) is 0 Å². The van der Waals surface area contributed by atoms with E-state index in [9.17, 15) is 33.0 Å². The maximum atomic E-state index is 13.8. The number of nitrogens with zero attached hydrogens (tertiary/aromatic N) is 1. The SMILES string of the molecule is O=C(NCCO)C1=C[C@@H](N(C(=O)c2ccc(C(F)(F)F)cc2)C2CCCC2)[C@H](O)[C@H]2Oc3ccccc3[C@@H]12. The van der Waals surface area contributed by atoms with Crippen molar-refractivity contribution in [2.75, 3.05) is 13.2 Å². The van der Waals surface area contributed by atoms with Crippen LogP contribution in [0.5, 0.6) is 5.75 Å². The first-order valence-corrected chi connectivity index (χ1v) is 12.7. The molecule has 3 aliphatic rings. The average molecular weight is 531 g/mol. The number of ether oxygens (including phenoxy) is 1. The van der Waals surface area contributed by atoms with Gasteiger partial charge in [0.1, 0.15) is 18.0 Å². The number of aliphatic hydroxyl groups excluding tert-OH is 2. The fourth-order valence-corrected chi connectivity index (χ4v) is 5.84. The molecule has 202 valence electrons. The topological polar surface area (TPSA) is 99.1 Å². The Morgan fingerprint density at radius 3 is 2.39 bits per heavy atom. The van der Waals surface area contributed by atoms with Crippen molar-refractivity contribution in [2.24, 2.45) is 0 Å². The molecule has 1 saturated carbocycles. The number of hydrogen-bond acceptors (Lipinski definition) is 5. The molecular weight excluding hydrogens is 501 g/mol. The molecule has 0 bridgehead atoms. The standard InChI is InChI=1S/C28H29F3N2O5/c29-28(30,31)17-11-9-16(10-12-17)27(37)33(18-5-1-2-6-18)21-15-20(26(36)32-13-14-34)23-19-7-3-4-8-22(19)38-25(23)24(21)35/h3-4,7-12,15,18,21,23-25,34-35H,1-2,5-6,13-14H2,(H,32,36)/t21-,23+,24+,25+/m1/s1. The molecule has 0 saturated heterocycles. The molecule has 7 nitrogen and oxygen atoms in total. The van der Waals surface area contributed by atoms with Gasteiger partial charge in [-0.05, 0) is 49.2 Å². The summed E-state index contributed by atoms with van der Waals surface area (Å²) in [7, 11) is 0. The van der Waals surface area contributed by atoms with Crippen molar-refractivity contribution in [3.8, 4) is 5.75 Å². The van der Waals surface area contributed by atoms with Gasteiger partial charge in [-0.1, -0.05) is 31.0 Å². The molecule has 0 unspecified atom stereocenters. The number of alkyl halides is 3. The summed E-state index contributed by atoms with van der Waals surface area (Å²) in [6, 6.07) is 9.99. The molecule has 3 N–H and O–H groups in total. The van der Waals surface area contributed by atoms with Crippen LogP contribution in [0.1, 0.15) is 53.1 Å². The predicted octanol–water partition coefficient (Wildman–Crippen LogP) is 3.41. The molecule has 4 atom stereocenters. The Balaban J connectivity index is 1.55. The van der Waals surface area contributed by atoms with Gasteiger partial charge < -0.3 is 25.2 Å². The molecule has 1 aliphatic heterocycles. The summed E-state index contributed by atoms with van der Waals surface area (Å²) in [5, 5.41) is 23.5. The van der Waals surface area contributed by atoms with Gasteiger partial charge in [0.05, 0.1) is 24.1 Å². The van der Waals surface area contributed by atoms with Crippen LogP contribution in [0.4, 0.5) is 13.2 Å². The van der Waals surface area contributed by atoms with Crippen LogP contribution >= 0.6 is 0 Å². The van der Waals surface area contributed by atoms with Crippen LogP contribution in [0.25, 0.3) is 0 Å². The Bertz CT molecular complexity index is 1220. The maximum Gasteiger partial charge on any atom is 0.416 e. The number of amides is 2. The van der Waals surface area contributed by atoms with E-state index in [4.69, 9.17) is 4.74 Å². The molecule has 2 aromatic carbocycles. The molecule has 2 aromatic rings. The van der Waals surface area contributed by atoms with Crippen molar-refractivity contribution >= 4 is 11.8 Å². The predicted molar refractivity (Wildman–Crippen MR) is 131 cm³/mol. The summed E-state index contributed by atoms with van der Waals surface area (Å²) >= 11 is 0. The van der Waals surface area contributed by atoms with Gasteiger partial charge in [-0.15, -0.1) is 0 Å². The van der Waals surface area contributed by atoms with E-state index in [0.717, 1.165) is 42.7 Å². The number of fused-ring (bicyclic) bond motifs is 3. The molecule has 1 heterocycles. The lowest BCUT2D eigenvalue weighted by molar-refractivity contribution is -0.137. The Kier molecular flexibility index (Phi) is 7.19. The number of benzene rings is 2. The highest BCUT2D eigenvalue weighted by molar-refractivity contribution is 5.97. The number of para-hydroxylation sites is 1. The third kappa shape index (κ3) is 4.78. The number of carbonyl (C=O) groups is 2. The lowest BCUT2D eigenvalue weighted by atomic mass is 9.77. The minimum absolute atomic E-state index is 0.0279. The van der Waals surface area contributed by atoms with Crippen molar-refractivity contribution in [3.63, 3.8) is 0 Å². The van der Waals surface area contributed by atoms with Gasteiger partial charge in [0.2, 0.25) is 5.91 Å². The largest absolute Gasteiger partial charge is 0.486 e. The second kappa shape index (κ2) is 10.4. The third-order valence-corrected chi connectivity index (χ3v) is 7.61. The summed E-state index contributed by atoms with van der Waals surface area (Å²) < 4.78 is 45.4. The second-order valence-electron chi connectivity index (χ2n) is 9.91. The zero-order chi connectivity index (χ0) is 27.0. The Morgan fingerprint density at radius 2 is 1.74 bits per heavy atom. The number of rotatable bonds is 6. The van der Waals surface area contributed by atoms with Gasteiger partial charge >= 0.3 is 6.18 Å². The van der Waals surface area contributed by atoms with Crippen LogP contribution in [0, 0.1) is 0 Å². The Morgan fingerprint density at radius 1 is 1.05 bits per heavy atom. The molecule has 2 amide bonds. The number of carbonyl (C=O) groups excluding carboxylic acids is 2. The highest BCUT2D eigenvalue weighted by atomic mass is 19.4. The second-order valence-corrected chi connectivity index (χ2v) is 9.91. The number of hydrogen-bond donors (Lipinski definition) is 3. The van der Waals surface area contributed by atoms with Gasteiger partial charge in [0, 0.05) is 29.3 Å². The Labute approximate surface area is 217 Å². The molecule has 5 rings (SSSR count). The van der Waals surface area contributed by atoms with E-state index in [1.165, 1.54) is 4.90 Å². The molecule has 0 radical (unpaired) electrons. The van der Waals surface area contributed by atoms with E-state index in [1.807, 2.05) is 12.1 Å². The first-order valence-electron chi connectivity index (χ1n) is 12.7. The van der Waals surface area contributed by atoms with Crippen molar-refractivity contribution in [1.82, 2.24) is 10.2 Å². The van der Waals surface area contributed by atoms with Crippen LogP contribution in [-0.2, 0) is 11.0 Å². The summed E-state index contributed by atoms with van der Waals surface area (Å²) in [6.45, 7) is -0.229. The number of halogens is 3. The van der Waals surface area contributed by atoms with Crippen molar-refractivity contribution in [3.05, 3.63) is 76.9 Å². The summed E-state index contributed by atoms with van der Waals surface area (Å²) in [5.74, 6) is -1.01. The highest BCUT2D eigenvalue weighted by Gasteiger charge is 2.51. The van der Waals surface area contributed by atoms with E-state index in [1.54, 1.807) is 18.2 Å². The fraction of sp³-hybridized carbons (Fsp3) is 0.429. The highest BCUT2D eigenvalue weighted by Crippen LogP contribution is 2.47. The molecule has 0 spiro atoms. The monoisotopic (exact) mass is 530 g/mol. The van der Waals surface area contributed by atoms with Crippen LogP contribution in [-0.4, -0.2) is 64.4 Å². The van der Waals surface area contributed by atoms with Crippen LogP contribution < -0.4 is 10.1 Å². The van der Waals surface area contributed by atoms with Gasteiger partial charge in [0.15, 0.2) is 0 Å². The first-order chi connectivity index (χ1) is 18.2. The minimum Gasteiger partial charge on any atom is -0.486 e. The molecule has 1 fully saturated rings. The molecule has 10 heteroatoms. The third-order valence-electron chi connectivity index (χ3n) is 7.61.